The number of ether oxygens (including phenoxy) is 2. The van der Waals surface area contributed by atoms with E-state index in [4.69, 9.17) is 9.47 Å². The quantitative estimate of drug-likeness (QED) is 0.789. The van der Waals surface area contributed by atoms with Gasteiger partial charge >= 0.3 is 6.03 Å². The number of amides is 3. The van der Waals surface area contributed by atoms with Crippen molar-refractivity contribution in [3.63, 3.8) is 0 Å². The molecule has 0 aliphatic carbocycles. The second kappa shape index (κ2) is 9.10. The van der Waals surface area contributed by atoms with E-state index in [0.29, 0.717) is 26.3 Å². The van der Waals surface area contributed by atoms with E-state index in [1.807, 2.05) is 53.4 Å². The summed E-state index contributed by atoms with van der Waals surface area (Å²) < 4.78 is 11.4. The van der Waals surface area contributed by atoms with Crippen LogP contribution in [0.1, 0.15) is 37.3 Å². The van der Waals surface area contributed by atoms with Crippen LogP contribution in [-0.4, -0.2) is 54.6 Å². The van der Waals surface area contributed by atoms with Gasteiger partial charge in [-0.2, -0.15) is 0 Å². The third-order valence-corrected chi connectivity index (χ3v) is 6.57. The molecule has 0 aromatic heterocycles. The van der Waals surface area contributed by atoms with Gasteiger partial charge in [0.15, 0.2) is 11.5 Å². The number of nitrogens with zero attached hydrogens (tertiary/aromatic N) is 2. The van der Waals surface area contributed by atoms with E-state index in [9.17, 15) is 9.59 Å². The Morgan fingerprint density at radius 2 is 1.69 bits per heavy atom. The number of para-hydroxylation sites is 1. The van der Waals surface area contributed by atoms with Crippen molar-refractivity contribution in [2.45, 2.75) is 31.7 Å². The number of piperidine rings is 1. The minimum absolute atomic E-state index is 0.0480. The molecule has 5 rings (SSSR count). The molecule has 7 heteroatoms. The van der Waals surface area contributed by atoms with Crippen LogP contribution < -0.4 is 14.8 Å². The summed E-state index contributed by atoms with van der Waals surface area (Å²) in [7, 11) is 0. The van der Waals surface area contributed by atoms with Crippen LogP contribution in [0, 0.1) is 5.92 Å². The van der Waals surface area contributed by atoms with Crippen molar-refractivity contribution >= 4 is 17.6 Å². The number of hydrogen-bond donors (Lipinski definition) is 1. The van der Waals surface area contributed by atoms with Crippen LogP contribution >= 0.6 is 0 Å². The molecule has 0 unspecified atom stereocenters. The number of carbonyl (C=O) groups is 2. The highest BCUT2D eigenvalue weighted by Gasteiger charge is 2.37. The highest BCUT2D eigenvalue weighted by Crippen LogP contribution is 2.39. The first kappa shape index (κ1) is 20.7. The fourth-order valence-corrected chi connectivity index (χ4v) is 4.97. The Balaban J connectivity index is 1.26. The third-order valence-electron chi connectivity index (χ3n) is 6.57. The molecule has 0 radical (unpaired) electrons. The van der Waals surface area contributed by atoms with Gasteiger partial charge in [-0.3, -0.25) is 4.79 Å². The maximum atomic E-state index is 13.5. The zero-order chi connectivity index (χ0) is 21.9. The van der Waals surface area contributed by atoms with Crippen molar-refractivity contribution in [3.05, 3.63) is 54.1 Å². The molecule has 2 atom stereocenters. The normalized spacial score (nSPS) is 22.5. The van der Waals surface area contributed by atoms with Crippen LogP contribution in [0.5, 0.6) is 11.5 Å². The van der Waals surface area contributed by atoms with Crippen LogP contribution in [0.25, 0.3) is 0 Å². The summed E-state index contributed by atoms with van der Waals surface area (Å²) in [4.78, 5) is 30.0. The molecule has 3 heterocycles. The predicted molar refractivity (Wildman–Crippen MR) is 121 cm³/mol. The monoisotopic (exact) mass is 435 g/mol. The SMILES string of the molecule is O=C(Nc1ccccc1)N1CCC[C@@H](C(=O)N2CCC[C@H]2c2ccc3c(c2)OCCO3)C1. The van der Waals surface area contributed by atoms with E-state index >= 15 is 0 Å². The number of anilines is 1. The number of urea groups is 1. The zero-order valence-electron chi connectivity index (χ0n) is 18.2. The Labute approximate surface area is 188 Å². The lowest BCUT2D eigenvalue weighted by atomic mass is 9.95. The van der Waals surface area contributed by atoms with Crippen molar-refractivity contribution in [3.8, 4) is 11.5 Å². The van der Waals surface area contributed by atoms with Gasteiger partial charge < -0.3 is 24.6 Å². The Morgan fingerprint density at radius 1 is 0.906 bits per heavy atom. The number of fused-ring (bicyclic) bond motifs is 1. The molecule has 1 N–H and O–H groups in total. The number of hydrogen-bond acceptors (Lipinski definition) is 4. The third kappa shape index (κ3) is 4.24. The standard InChI is InChI=1S/C25H29N3O4/c29-24(19-6-4-12-27(17-19)25(30)26-20-7-2-1-3-8-20)28-13-5-9-21(28)18-10-11-22-23(16-18)32-15-14-31-22/h1-3,7-8,10-11,16,19,21H,4-6,9,12-15,17H2,(H,26,30)/t19-,21+/m1/s1. The molecule has 2 aromatic carbocycles. The van der Waals surface area contributed by atoms with Gasteiger partial charge in [0.05, 0.1) is 12.0 Å². The molecule has 0 saturated carbocycles. The van der Waals surface area contributed by atoms with Crippen molar-refractivity contribution in [1.82, 2.24) is 9.80 Å². The van der Waals surface area contributed by atoms with Crippen molar-refractivity contribution in [2.24, 2.45) is 5.92 Å². The van der Waals surface area contributed by atoms with Crippen LogP contribution in [0.15, 0.2) is 48.5 Å². The van der Waals surface area contributed by atoms with Gasteiger partial charge in [0.2, 0.25) is 5.91 Å². The molecule has 7 nitrogen and oxygen atoms in total. The first-order valence-electron chi connectivity index (χ1n) is 11.5. The van der Waals surface area contributed by atoms with E-state index in [0.717, 1.165) is 55.0 Å². The smallest absolute Gasteiger partial charge is 0.321 e. The molecule has 2 aromatic rings. The van der Waals surface area contributed by atoms with Crippen molar-refractivity contribution in [1.29, 1.82) is 0 Å². The Bertz CT molecular complexity index is 980. The molecule has 2 saturated heterocycles. The summed E-state index contributed by atoms with van der Waals surface area (Å²) in [5, 5.41) is 2.94. The minimum Gasteiger partial charge on any atom is -0.486 e. The van der Waals surface area contributed by atoms with E-state index < -0.39 is 0 Å². The van der Waals surface area contributed by atoms with Crippen LogP contribution in [0.3, 0.4) is 0 Å². The topological polar surface area (TPSA) is 71.1 Å². The predicted octanol–water partition coefficient (Wildman–Crippen LogP) is 4.07. The van der Waals surface area contributed by atoms with Crippen LogP contribution in [0.2, 0.25) is 0 Å². The molecule has 0 bridgehead atoms. The molecule has 0 spiro atoms. The maximum Gasteiger partial charge on any atom is 0.321 e. The highest BCUT2D eigenvalue weighted by atomic mass is 16.6. The van der Waals surface area contributed by atoms with Crippen molar-refractivity contribution < 1.29 is 19.1 Å². The van der Waals surface area contributed by atoms with Crippen LogP contribution in [-0.2, 0) is 4.79 Å². The summed E-state index contributed by atoms with van der Waals surface area (Å²) >= 11 is 0. The average molecular weight is 436 g/mol. The Hall–Kier alpha value is -3.22. The van der Waals surface area contributed by atoms with Gasteiger partial charge in [0.25, 0.3) is 0 Å². The summed E-state index contributed by atoms with van der Waals surface area (Å²) in [5.41, 5.74) is 1.86. The lowest BCUT2D eigenvalue weighted by Crippen LogP contribution is -2.47. The fraction of sp³-hybridized carbons (Fsp3) is 0.440. The summed E-state index contributed by atoms with van der Waals surface area (Å²) in [5.74, 6) is 1.51. The Kier molecular flexibility index (Phi) is 5.88. The van der Waals surface area contributed by atoms with E-state index in [1.165, 1.54) is 0 Å². The van der Waals surface area contributed by atoms with Crippen LogP contribution in [0.4, 0.5) is 10.5 Å². The molecule has 3 amide bonds. The molecule has 168 valence electrons. The number of benzene rings is 2. The van der Waals surface area contributed by atoms with Gasteiger partial charge in [0.1, 0.15) is 13.2 Å². The summed E-state index contributed by atoms with van der Waals surface area (Å²) in [6.45, 7) is 3.00. The molecule has 3 aliphatic heterocycles. The Morgan fingerprint density at radius 3 is 2.53 bits per heavy atom. The van der Waals surface area contributed by atoms with E-state index in [-0.39, 0.29) is 23.9 Å². The second-order valence-corrected chi connectivity index (χ2v) is 8.67. The molecule has 32 heavy (non-hydrogen) atoms. The summed E-state index contributed by atoms with van der Waals surface area (Å²) in [6.07, 6.45) is 3.57. The van der Waals surface area contributed by atoms with Crippen molar-refractivity contribution in [2.75, 3.05) is 38.2 Å². The van der Waals surface area contributed by atoms with Gasteiger partial charge in [-0.15, -0.1) is 0 Å². The molecular formula is C25H29N3O4. The zero-order valence-corrected chi connectivity index (χ0v) is 18.2. The number of likely N-dealkylation sites (tertiary alicyclic amines) is 2. The largest absolute Gasteiger partial charge is 0.486 e. The lowest BCUT2D eigenvalue weighted by Gasteiger charge is -2.36. The number of nitrogens with one attached hydrogen (secondary N) is 1. The lowest BCUT2D eigenvalue weighted by molar-refractivity contribution is -0.137. The van der Waals surface area contributed by atoms with E-state index in [2.05, 4.69) is 5.32 Å². The average Bonchev–Trinajstić information content (AvgIpc) is 3.34. The minimum atomic E-state index is -0.164. The van der Waals surface area contributed by atoms with Gasteiger partial charge in [-0.25, -0.2) is 4.79 Å². The van der Waals surface area contributed by atoms with Gasteiger partial charge in [-0.1, -0.05) is 24.3 Å². The second-order valence-electron chi connectivity index (χ2n) is 8.67. The molecular weight excluding hydrogens is 406 g/mol. The van der Waals surface area contributed by atoms with E-state index in [1.54, 1.807) is 4.90 Å². The molecule has 3 aliphatic rings. The molecule has 2 fully saturated rings. The number of rotatable bonds is 3. The number of carbonyl (C=O) groups excluding carboxylic acids is 2. The first-order valence-corrected chi connectivity index (χ1v) is 11.5. The van der Waals surface area contributed by atoms with Gasteiger partial charge in [-0.05, 0) is 55.5 Å². The maximum absolute atomic E-state index is 13.5. The van der Waals surface area contributed by atoms with Gasteiger partial charge in [0, 0.05) is 25.3 Å². The fourth-order valence-electron chi connectivity index (χ4n) is 4.97. The highest BCUT2D eigenvalue weighted by molar-refractivity contribution is 5.90. The summed E-state index contributed by atoms with van der Waals surface area (Å²) in [6, 6.07) is 15.4. The first-order chi connectivity index (χ1) is 15.7.